The van der Waals surface area contributed by atoms with Crippen molar-refractivity contribution in [3.63, 3.8) is 0 Å². The number of anilines is 1. The Kier molecular flexibility index (Phi) is 4.56. The summed E-state index contributed by atoms with van der Waals surface area (Å²) in [4.78, 5) is 24.2. The van der Waals surface area contributed by atoms with Gasteiger partial charge >= 0.3 is 0 Å². The Morgan fingerprint density at radius 2 is 1.97 bits per heavy atom. The number of amides is 1. The maximum absolute atomic E-state index is 13.5. The summed E-state index contributed by atoms with van der Waals surface area (Å²) in [5.41, 5.74) is 4.87. The summed E-state index contributed by atoms with van der Waals surface area (Å²) < 4.78 is 6.91. The Labute approximate surface area is 177 Å². The molecular weight excluding hydrogens is 394 g/mol. The fourth-order valence-corrected chi connectivity index (χ4v) is 4.47. The summed E-state index contributed by atoms with van der Waals surface area (Å²) in [6.07, 6.45) is 3.49. The molecule has 0 aliphatic rings. The molecule has 0 saturated heterocycles. The zero-order chi connectivity index (χ0) is 20.7. The molecule has 1 amide bonds. The van der Waals surface area contributed by atoms with Gasteiger partial charge in [-0.2, -0.15) is 0 Å². The zero-order valence-electron chi connectivity index (χ0n) is 16.6. The number of benzene rings is 2. The van der Waals surface area contributed by atoms with Crippen molar-refractivity contribution in [2.75, 3.05) is 4.90 Å². The summed E-state index contributed by atoms with van der Waals surface area (Å²) in [6, 6.07) is 17.4. The highest BCUT2D eigenvalue weighted by atomic mass is 32.1. The average molecular weight is 414 g/mol. The molecule has 0 aliphatic heterocycles. The second-order valence-electron chi connectivity index (χ2n) is 7.25. The van der Waals surface area contributed by atoms with Gasteiger partial charge in [0, 0.05) is 17.8 Å². The van der Waals surface area contributed by atoms with Crippen LogP contribution in [0.4, 0.5) is 5.13 Å². The maximum Gasteiger partial charge on any atom is 0.296 e. The molecule has 3 aromatic heterocycles. The summed E-state index contributed by atoms with van der Waals surface area (Å²) in [5, 5.41) is 1.55. The first-order valence-corrected chi connectivity index (χ1v) is 10.5. The molecule has 0 spiro atoms. The second-order valence-corrected chi connectivity index (χ2v) is 8.26. The summed E-state index contributed by atoms with van der Waals surface area (Å²) in [5.74, 6) is 0.0794. The molecule has 30 heavy (non-hydrogen) atoms. The van der Waals surface area contributed by atoms with Crippen molar-refractivity contribution in [2.24, 2.45) is 0 Å². The van der Waals surface area contributed by atoms with Crippen molar-refractivity contribution in [3.05, 3.63) is 89.4 Å². The molecule has 0 fully saturated rings. The van der Waals surface area contributed by atoms with Crippen molar-refractivity contribution in [1.29, 1.82) is 0 Å². The first-order valence-electron chi connectivity index (χ1n) is 9.66. The number of hydrogen-bond acceptors (Lipinski definition) is 5. The van der Waals surface area contributed by atoms with E-state index in [2.05, 4.69) is 31.0 Å². The first kappa shape index (κ1) is 18.5. The molecule has 0 aliphatic carbocycles. The number of thiazole rings is 1. The van der Waals surface area contributed by atoms with Gasteiger partial charge in [0.05, 0.1) is 16.8 Å². The zero-order valence-corrected chi connectivity index (χ0v) is 17.4. The van der Waals surface area contributed by atoms with Crippen LogP contribution in [0.25, 0.3) is 21.2 Å². The molecule has 0 atom stereocenters. The molecule has 0 bridgehead atoms. The van der Waals surface area contributed by atoms with E-state index in [1.54, 1.807) is 23.4 Å². The van der Waals surface area contributed by atoms with Crippen molar-refractivity contribution in [1.82, 2.24) is 9.97 Å². The van der Waals surface area contributed by atoms with E-state index < -0.39 is 0 Å². The lowest BCUT2D eigenvalue weighted by molar-refractivity contribution is 0.0960. The van der Waals surface area contributed by atoms with Crippen LogP contribution >= 0.6 is 11.3 Å². The number of hydrogen-bond donors (Lipinski definition) is 0. The van der Waals surface area contributed by atoms with Crippen LogP contribution in [0, 0.1) is 13.8 Å². The number of carbonyl (C=O) groups is 1. The van der Waals surface area contributed by atoms with E-state index in [-0.39, 0.29) is 5.91 Å². The van der Waals surface area contributed by atoms with Crippen molar-refractivity contribution >= 4 is 43.6 Å². The molecule has 2 aromatic carbocycles. The quantitative estimate of drug-likeness (QED) is 0.368. The van der Waals surface area contributed by atoms with E-state index in [0.29, 0.717) is 23.0 Å². The van der Waals surface area contributed by atoms with Gasteiger partial charge in [-0.05, 0) is 54.8 Å². The number of para-hydroxylation sites is 1. The minimum absolute atomic E-state index is 0.219. The molecule has 6 heteroatoms. The van der Waals surface area contributed by atoms with E-state index in [1.807, 2.05) is 36.4 Å². The molecule has 5 rings (SSSR count). The molecule has 0 saturated carbocycles. The molecule has 5 aromatic rings. The number of carbonyl (C=O) groups excluding carboxylic acids is 1. The van der Waals surface area contributed by atoms with Gasteiger partial charge in [-0.3, -0.25) is 14.7 Å². The normalized spacial score (nSPS) is 11.3. The Hall–Kier alpha value is -3.51. The molecule has 3 heterocycles. The van der Waals surface area contributed by atoms with Gasteiger partial charge in [-0.25, -0.2) is 4.98 Å². The van der Waals surface area contributed by atoms with E-state index in [1.165, 1.54) is 16.9 Å². The Balaban J connectivity index is 1.61. The van der Waals surface area contributed by atoms with Crippen LogP contribution in [-0.4, -0.2) is 15.9 Å². The van der Waals surface area contributed by atoms with E-state index >= 15 is 0 Å². The van der Waals surface area contributed by atoms with Gasteiger partial charge in [0.1, 0.15) is 5.58 Å². The van der Waals surface area contributed by atoms with Crippen molar-refractivity contribution in [2.45, 2.75) is 20.4 Å². The van der Waals surface area contributed by atoms with Crippen molar-refractivity contribution < 1.29 is 9.21 Å². The lowest BCUT2D eigenvalue weighted by Gasteiger charge is -2.18. The number of fused-ring (bicyclic) bond motifs is 2. The van der Waals surface area contributed by atoms with Gasteiger partial charge in [-0.15, -0.1) is 0 Å². The molecule has 148 valence electrons. The van der Waals surface area contributed by atoms with Crippen LogP contribution < -0.4 is 4.90 Å². The minimum Gasteiger partial charge on any atom is -0.451 e. The van der Waals surface area contributed by atoms with Gasteiger partial charge in [-0.1, -0.05) is 41.7 Å². The highest BCUT2D eigenvalue weighted by molar-refractivity contribution is 7.22. The molecule has 5 nitrogen and oxygen atoms in total. The fourth-order valence-electron chi connectivity index (χ4n) is 3.45. The third-order valence-corrected chi connectivity index (χ3v) is 6.29. The highest BCUT2D eigenvalue weighted by Crippen LogP contribution is 2.34. The third-order valence-electron chi connectivity index (χ3n) is 5.25. The summed E-state index contributed by atoms with van der Waals surface area (Å²) >= 11 is 1.51. The number of furan rings is 1. The smallest absolute Gasteiger partial charge is 0.296 e. The average Bonchev–Trinajstić information content (AvgIpc) is 3.39. The first-order chi connectivity index (χ1) is 14.6. The molecule has 0 unspecified atom stereocenters. The van der Waals surface area contributed by atoms with Crippen LogP contribution in [0.1, 0.15) is 27.2 Å². The predicted octanol–water partition coefficient (Wildman–Crippen LogP) is 5.90. The standard InChI is InChI=1S/C24H19N3O2S/c1-15-9-10-21-22(16(15)2)26-24(30-21)27(14-17-6-5-11-25-13-17)23(28)20-12-18-7-3-4-8-19(18)29-20/h3-13H,14H2,1-2H3. The number of aryl methyl sites for hydroxylation is 2. The Morgan fingerprint density at radius 3 is 2.77 bits per heavy atom. The summed E-state index contributed by atoms with van der Waals surface area (Å²) in [7, 11) is 0. The number of rotatable bonds is 4. The number of pyridine rings is 1. The topological polar surface area (TPSA) is 59.2 Å². The Bertz CT molecular complexity index is 1340. The number of aromatic nitrogens is 2. The van der Waals surface area contributed by atoms with Gasteiger partial charge in [0.2, 0.25) is 0 Å². The SMILES string of the molecule is Cc1ccc2sc(N(Cc3cccnc3)C(=O)c3cc4ccccc4o3)nc2c1C. The van der Waals surface area contributed by atoms with Crippen LogP contribution in [0.15, 0.2) is 71.4 Å². The van der Waals surface area contributed by atoms with Crippen LogP contribution in [-0.2, 0) is 6.54 Å². The molecule has 0 N–H and O–H groups in total. The second kappa shape index (κ2) is 7.39. The number of nitrogens with zero attached hydrogens (tertiary/aromatic N) is 3. The van der Waals surface area contributed by atoms with Crippen molar-refractivity contribution in [3.8, 4) is 0 Å². The van der Waals surface area contributed by atoms with Gasteiger partial charge in [0.25, 0.3) is 5.91 Å². The highest BCUT2D eigenvalue weighted by Gasteiger charge is 2.25. The van der Waals surface area contributed by atoms with Crippen LogP contribution in [0.3, 0.4) is 0 Å². The van der Waals surface area contributed by atoms with Gasteiger partial charge < -0.3 is 4.42 Å². The molecule has 0 radical (unpaired) electrons. The third kappa shape index (κ3) is 3.25. The Morgan fingerprint density at radius 1 is 1.10 bits per heavy atom. The lowest BCUT2D eigenvalue weighted by atomic mass is 10.1. The van der Waals surface area contributed by atoms with Gasteiger partial charge in [0.15, 0.2) is 10.9 Å². The van der Waals surface area contributed by atoms with E-state index in [0.717, 1.165) is 26.7 Å². The fraction of sp³-hybridized carbons (Fsp3) is 0.125. The summed E-state index contributed by atoms with van der Waals surface area (Å²) in [6.45, 7) is 4.50. The maximum atomic E-state index is 13.5. The monoisotopic (exact) mass is 413 g/mol. The van der Waals surface area contributed by atoms with E-state index in [9.17, 15) is 4.79 Å². The predicted molar refractivity (Wildman–Crippen MR) is 120 cm³/mol. The molecular formula is C24H19N3O2S. The minimum atomic E-state index is -0.219. The largest absolute Gasteiger partial charge is 0.451 e. The van der Waals surface area contributed by atoms with Crippen LogP contribution in [0.2, 0.25) is 0 Å². The lowest BCUT2D eigenvalue weighted by Crippen LogP contribution is -2.30. The van der Waals surface area contributed by atoms with E-state index in [4.69, 9.17) is 9.40 Å². The van der Waals surface area contributed by atoms with Crippen LogP contribution in [0.5, 0.6) is 0 Å².